The SMILES string of the molecule is COCC(O)COc1ccc(C(C)(C)c2cc(Cl)c(OCCCCl)c(Cl)c2)cc1. The summed E-state index contributed by atoms with van der Waals surface area (Å²) in [6.07, 6.45) is 0.0591. The van der Waals surface area contributed by atoms with Crippen molar-refractivity contribution < 1.29 is 19.3 Å². The van der Waals surface area contributed by atoms with Gasteiger partial charge in [0.1, 0.15) is 18.5 Å². The van der Waals surface area contributed by atoms with Crippen molar-refractivity contribution in [1.82, 2.24) is 0 Å². The normalized spacial score (nSPS) is 12.7. The number of benzene rings is 2. The van der Waals surface area contributed by atoms with Gasteiger partial charge < -0.3 is 19.3 Å². The van der Waals surface area contributed by atoms with Crippen LogP contribution in [-0.4, -0.2) is 44.0 Å². The van der Waals surface area contributed by atoms with Crippen molar-refractivity contribution in [3.8, 4) is 11.5 Å². The zero-order valence-electron chi connectivity index (χ0n) is 16.9. The molecule has 1 atom stereocenters. The zero-order valence-corrected chi connectivity index (χ0v) is 19.2. The molecule has 0 spiro atoms. The zero-order chi connectivity index (χ0) is 21.4. The van der Waals surface area contributed by atoms with Crippen LogP contribution in [0.25, 0.3) is 0 Å². The molecule has 7 heteroatoms. The van der Waals surface area contributed by atoms with Crippen molar-refractivity contribution in [1.29, 1.82) is 0 Å². The summed E-state index contributed by atoms with van der Waals surface area (Å²) in [4.78, 5) is 0. The Labute approximate surface area is 187 Å². The van der Waals surface area contributed by atoms with Crippen LogP contribution >= 0.6 is 34.8 Å². The summed E-state index contributed by atoms with van der Waals surface area (Å²) < 4.78 is 16.2. The Balaban J connectivity index is 2.15. The minimum atomic E-state index is -0.662. The van der Waals surface area contributed by atoms with E-state index in [9.17, 15) is 5.11 Å². The van der Waals surface area contributed by atoms with Crippen molar-refractivity contribution in [2.45, 2.75) is 31.8 Å². The summed E-state index contributed by atoms with van der Waals surface area (Å²) in [5, 5.41) is 10.6. The molecule has 0 aliphatic rings. The highest BCUT2D eigenvalue weighted by Crippen LogP contribution is 2.40. The standard InChI is InChI=1S/C22H27Cl3O4/c1-22(2,15-5-7-18(8-6-15)29-14-17(26)13-27-3)16-11-19(24)21(20(25)12-16)28-10-4-9-23/h5-8,11-12,17,26H,4,9-10,13-14H2,1-3H3. The Hall–Kier alpha value is -1.17. The number of ether oxygens (including phenoxy) is 3. The van der Waals surface area contributed by atoms with Gasteiger partial charge in [0.05, 0.1) is 23.3 Å². The molecule has 4 nitrogen and oxygen atoms in total. The van der Waals surface area contributed by atoms with Gasteiger partial charge in [0.25, 0.3) is 0 Å². The molecule has 0 heterocycles. The minimum absolute atomic E-state index is 0.174. The Bertz CT molecular complexity index is 755. The maximum Gasteiger partial charge on any atom is 0.156 e. The average Bonchev–Trinajstić information content (AvgIpc) is 2.69. The first-order chi connectivity index (χ1) is 13.8. The van der Waals surface area contributed by atoms with Crippen LogP contribution in [0, 0.1) is 0 Å². The number of rotatable bonds is 11. The van der Waals surface area contributed by atoms with Crippen LogP contribution in [0.15, 0.2) is 36.4 Å². The van der Waals surface area contributed by atoms with Crippen LogP contribution < -0.4 is 9.47 Å². The van der Waals surface area contributed by atoms with Crippen LogP contribution in [0.4, 0.5) is 0 Å². The third-order valence-electron chi connectivity index (χ3n) is 4.62. The number of methoxy groups -OCH3 is 1. The topological polar surface area (TPSA) is 47.9 Å². The highest BCUT2D eigenvalue weighted by molar-refractivity contribution is 6.37. The maximum atomic E-state index is 9.69. The second-order valence-corrected chi connectivity index (χ2v) is 8.42. The van der Waals surface area contributed by atoms with Crippen LogP contribution in [0.2, 0.25) is 10.0 Å². The van der Waals surface area contributed by atoms with Crippen molar-refractivity contribution in [3.63, 3.8) is 0 Å². The molecule has 2 aromatic carbocycles. The van der Waals surface area contributed by atoms with Gasteiger partial charge >= 0.3 is 0 Å². The van der Waals surface area contributed by atoms with Gasteiger partial charge in [0.2, 0.25) is 0 Å². The molecule has 0 aliphatic carbocycles. The van der Waals surface area contributed by atoms with E-state index in [1.807, 2.05) is 36.4 Å². The van der Waals surface area contributed by atoms with Gasteiger partial charge in [0.15, 0.2) is 5.75 Å². The van der Waals surface area contributed by atoms with Crippen molar-refractivity contribution in [2.24, 2.45) is 0 Å². The maximum absolute atomic E-state index is 9.69. The van der Waals surface area contributed by atoms with E-state index in [1.54, 1.807) is 0 Å². The first-order valence-electron chi connectivity index (χ1n) is 9.38. The smallest absolute Gasteiger partial charge is 0.156 e. The predicted octanol–water partition coefficient (Wildman–Crippen LogP) is 5.71. The molecule has 0 radical (unpaired) electrons. The summed E-state index contributed by atoms with van der Waals surface area (Å²) in [6, 6.07) is 11.5. The molecule has 1 N–H and O–H groups in total. The summed E-state index contributed by atoms with van der Waals surface area (Å²) >= 11 is 18.6. The molecule has 0 amide bonds. The highest BCUT2D eigenvalue weighted by atomic mass is 35.5. The molecule has 29 heavy (non-hydrogen) atoms. The fourth-order valence-electron chi connectivity index (χ4n) is 2.85. The Kier molecular flexibility index (Phi) is 9.38. The Morgan fingerprint density at radius 1 is 0.966 bits per heavy atom. The molecule has 0 saturated carbocycles. The van der Waals surface area contributed by atoms with E-state index in [2.05, 4.69) is 13.8 Å². The lowest BCUT2D eigenvalue weighted by Gasteiger charge is -2.27. The lowest BCUT2D eigenvalue weighted by molar-refractivity contribution is 0.0325. The molecule has 2 rings (SSSR count). The molecule has 0 aliphatic heterocycles. The van der Waals surface area contributed by atoms with E-state index >= 15 is 0 Å². The summed E-state index contributed by atoms with van der Waals surface area (Å²) in [5.41, 5.74) is 1.71. The van der Waals surface area contributed by atoms with E-state index in [1.165, 1.54) is 7.11 Å². The lowest BCUT2D eigenvalue weighted by atomic mass is 9.78. The molecule has 160 valence electrons. The van der Waals surface area contributed by atoms with Gasteiger partial charge in [-0.3, -0.25) is 0 Å². The Morgan fingerprint density at radius 3 is 2.14 bits per heavy atom. The van der Waals surface area contributed by atoms with E-state index in [0.717, 1.165) is 17.5 Å². The fourth-order valence-corrected chi connectivity index (χ4v) is 3.56. The molecular weight excluding hydrogens is 435 g/mol. The molecule has 1 unspecified atom stereocenters. The Morgan fingerprint density at radius 2 is 1.59 bits per heavy atom. The largest absolute Gasteiger partial charge is 0.491 e. The number of halogens is 3. The number of alkyl halides is 1. The molecule has 0 fully saturated rings. The van der Waals surface area contributed by atoms with E-state index in [4.69, 9.17) is 49.0 Å². The quantitative estimate of drug-likeness (QED) is 0.344. The van der Waals surface area contributed by atoms with Gasteiger partial charge in [-0.2, -0.15) is 0 Å². The van der Waals surface area contributed by atoms with Gasteiger partial charge in [-0.1, -0.05) is 49.2 Å². The summed E-state index contributed by atoms with van der Waals surface area (Å²) in [5.74, 6) is 1.68. The minimum Gasteiger partial charge on any atom is -0.491 e. The first-order valence-corrected chi connectivity index (χ1v) is 10.7. The van der Waals surface area contributed by atoms with Crippen molar-refractivity contribution in [3.05, 3.63) is 57.6 Å². The second kappa shape index (κ2) is 11.3. The average molecular weight is 462 g/mol. The van der Waals surface area contributed by atoms with Crippen LogP contribution in [0.5, 0.6) is 11.5 Å². The molecular formula is C22H27Cl3O4. The second-order valence-electron chi connectivity index (χ2n) is 7.23. The van der Waals surface area contributed by atoms with Crippen LogP contribution in [0.3, 0.4) is 0 Å². The number of aliphatic hydroxyl groups excluding tert-OH is 1. The third kappa shape index (κ3) is 6.66. The number of hydrogen-bond acceptors (Lipinski definition) is 4. The van der Waals surface area contributed by atoms with Gasteiger partial charge in [0, 0.05) is 18.4 Å². The van der Waals surface area contributed by atoms with E-state index in [-0.39, 0.29) is 18.6 Å². The summed E-state index contributed by atoms with van der Waals surface area (Å²) in [7, 11) is 1.54. The van der Waals surface area contributed by atoms with Gasteiger partial charge in [-0.05, 0) is 41.8 Å². The molecule has 0 saturated heterocycles. The third-order valence-corrected chi connectivity index (χ3v) is 5.45. The fraction of sp³-hybridized carbons (Fsp3) is 0.455. The van der Waals surface area contributed by atoms with Crippen molar-refractivity contribution in [2.75, 3.05) is 32.8 Å². The van der Waals surface area contributed by atoms with Crippen LogP contribution in [0.1, 0.15) is 31.4 Å². The van der Waals surface area contributed by atoms with Crippen LogP contribution in [-0.2, 0) is 10.2 Å². The molecule has 0 bridgehead atoms. The van der Waals surface area contributed by atoms with Gasteiger partial charge in [-0.15, -0.1) is 11.6 Å². The van der Waals surface area contributed by atoms with E-state index in [0.29, 0.717) is 34.0 Å². The molecule has 2 aromatic rings. The number of aliphatic hydroxyl groups is 1. The summed E-state index contributed by atoms with van der Waals surface area (Å²) in [6.45, 7) is 5.07. The lowest BCUT2D eigenvalue weighted by Crippen LogP contribution is -2.22. The number of hydrogen-bond donors (Lipinski definition) is 1. The van der Waals surface area contributed by atoms with Crippen molar-refractivity contribution >= 4 is 34.8 Å². The highest BCUT2D eigenvalue weighted by Gasteiger charge is 2.25. The van der Waals surface area contributed by atoms with E-state index < -0.39 is 6.10 Å². The monoisotopic (exact) mass is 460 g/mol. The first kappa shape index (κ1) is 24.1. The molecule has 0 aromatic heterocycles. The predicted molar refractivity (Wildman–Crippen MR) is 119 cm³/mol. The van der Waals surface area contributed by atoms with Gasteiger partial charge in [-0.25, -0.2) is 0 Å².